The van der Waals surface area contributed by atoms with Gasteiger partial charge in [-0.1, -0.05) is 22.0 Å². The highest BCUT2D eigenvalue weighted by molar-refractivity contribution is 9.10. The van der Waals surface area contributed by atoms with Gasteiger partial charge in [0, 0.05) is 22.6 Å². The van der Waals surface area contributed by atoms with Crippen molar-refractivity contribution < 1.29 is 12.8 Å². The smallest absolute Gasteiger partial charge is 0.154 e. The van der Waals surface area contributed by atoms with Gasteiger partial charge in [-0.05, 0) is 25.5 Å². The van der Waals surface area contributed by atoms with Gasteiger partial charge in [0.25, 0.3) is 0 Å². The van der Waals surface area contributed by atoms with Crippen LogP contribution in [0.25, 0.3) is 0 Å². The van der Waals surface area contributed by atoms with E-state index in [4.69, 9.17) is 0 Å². The van der Waals surface area contributed by atoms with Gasteiger partial charge in [0.1, 0.15) is 5.82 Å². The molecule has 0 bridgehead atoms. The highest BCUT2D eigenvalue weighted by Gasteiger charge is 2.36. The zero-order chi connectivity index (χ0) is 13.3. The minimum Gasteiger partial charge on any atom is -0.308 e. The van der Waals surface area contributed by atoms with Crippen LogP contribution >= 0.6 is 15.9 Å². The van der Waals surface area contributed by atoms with Crippen molar-refractivity contribution >= 4 is 25.8 Å². The van der Waals surface area contributed by atoms with E-state index in [1.807, 2.05) is 0 Å². The highest BCUT2D eigenvalue weighted by Crippen LogP contribution is 2.23. The van der Waals surface area contributed by atoms with Gasteiger partial charge in [-0.15, -0.1) is 0 Å². The third kappa shape index (κ3) is 2.75. The van der Waals surface area contributed by atoms with E-state index in [0.29, 0.717) is 23.0 Å². The van der Waals surface area contributed by atoms with Crippen molar-refractivity contribution in [1.82, 2.24) is 5.32 Å². The molecule has 1 saturated heterocycles. The Hall–Kier alpha value is -0.460. The van der Waals surface area contributed by atoms with E-state index >= 15 is 0 Å². The average Bonchev–Trinajstić information content (AvgIpc) is 2.55. The molecular weight excluding hydrogens is 321 g/mol. The Morgan fingerprint density at radius 2 is 2.22 bits per heavy atom. The Morgan fingerprint density at radius 3 is 2.78 bits per heavy atom. The van der Waals surface area contributed by atoms with Gasteiger partial charge < -0.3 is 5.32 Å². The molecule has 1 aliphatic rings. The molecule has 6 heteroatoms. The molecule has 1 aromatic rings. The third-order valence-electron chi connectivity index (χ3n) is 3.45. The predicted octanol–water partition coefficient (Wildman–Crippen LogP) is 2.25. The van der Waals surface area contributed by atoms with Gasteiger partial charge >= 0.3 is 0 Å². The molecule has 0 unspecified atom stereocenters. The quantitative estimate of drug-likeness (QED) is 0.921. The van der Waals surface area contributed by atoms with Crippen LogP contribution in [0.5, 0.6) is 0 Å². The molecule has 0 spiro atoms. The molecule has 100 valence electrons. The van der Waals surface area contributed by atoms with Gasteiger partial charge in [0.05, 0.1) is 11.0 Å². The first kappa shape index (κ1) is 14.0. The molecule has 2 atom stereocenters. The van der Waals surface area contributed by atoms with Gasteiger partial charge in [0.2, 0.25) is 0 Å². The summed E-state index contributed by atoms with van der Waals surface area (Å²) in [5, 5.41) is 2.74. The third-order valence-corrected chi connectivity index (χ3v) is 6.46. The second kappa shape index (κ2) is 5.27. The minimum atomic E-state index is -2.97. The molecule has 2 rings (SSSR count). The van der Waals surface area contributed by atoms with Crippen LogP contribution in [0.4, 0.5) is 4.39 Å². The molecule has 1 N–H and O–H groups in total. The van der Waals surface area contributed by atoms with Crippen LogP contribution in [-0.4, -0.2) is 25.5 Å². The minimum absolute atomic E-state index is 0.0958. The van der Waals surface area contributed by atoms with Crippen molar-refractivity contribution in [2.24, 2.45) is 0 Å². The lowest BCUT2D eigenvalue weighted by Crippen LogP contribution is -2.36. The van der Waals surface area contributed by atoms with E-state index in [1.54, 1.807) is 19.1 Å². The summed E-state index contributed by atoms with van der Waals surface area (Å²) in [6.45, 7) is 2.04. The first-order valence-electron chi connectivity index (χ1n) is 5.79. The van der Waals surface area contributed by atoms with Crippen LogP contribution in [0.1, 0.15) is 18.9 Å². The summed E-state index contributed by atoms with van der Waals surface area (Å²) in [5.41, 5.74) is 0.536. The summed E-state index contributed by atoms with van der Waals surface area (Å²) in [7, 11) is -2.97. The SMILES string of the molecule is C[C@H]1[C@@H](NCc2c(F)cccc2Br)CCS1(=O)=O. The first-order valence-corrected chi connectivity index (χ1v) is 8.30. The Balaban J connectivity index is 2.05. The Bertz CT molecular complexity index is 527. The normalized spacial score (nSPS) is 26.4. The highest BCUT2D eigenvalue weighted by atomic mass is 79.9. The van der Waals surface area contributed by atoms with Crippen LogP contribution in [0.15, 0.2) is 22.7 Å². The maximum Gasteiger partial charge on any atom is 0.154 e. The predicted molar refractivity (Wildman–Crippen MR) is 72.6 cm³/mol. The second-order valence-corrected chi connectivity index (χ2v) is 7.88. The van der Waals surface area contributed by atoms with E-state index in [9.17, 15) is 12.8 Å². The summed E-state index contributed by atoms with van der Waals surface area (Å²) in [6.07, 6.45) is 0.593. The fourth-order valence-electron chi connectivity index (χ4n) is 2.16. The number of sulfone groups is 1. The van der Waals surface area contributed by atoms with Crippen LogP contribution in [0, 0.1) is 5.82 Å². The number of hydrogen-bond acceptors (Lipinski definition) is 3. The number of hydrogen-bond donors (Lipinski definition) is 1. The van der Waals surface area contributed by atoms with Gasteiger partial charge in [-0.3, -0.25) is 0 Å². The fourth-order valence-corrected chi connectivity index (χ4v) is 4.33. The summed E-state index contributed by atoms with van der Waals surface area (Å²) >= 11 is 3.30. The van der Waals surface area contributed by atoms with Crippen molar-refractivity contribution in [3.05, 3.63) is 34.1 Å². The number of benzene rings is 1. The van der Waals surface area contributed by atoms with Gasteiger partial charge in [-0.2, -0.15) is 0 Å². The largest absolute Gasteiger partial charge is 0.308 e. The number of halogens is 2. The van der Waals surface area contributed by atoms with Crippen molar-refractivity contribution in [3.63, 3.8) is 0 Å². The zero-order valence-electron chi connectivity index (χ0n) is 9.99. The summed E-state index contributed by atoms with van der Waals surface area (Å²) in [5.74, 6) is -0.0741. The maximum absolute atomic E-state index is 13.6. The molecule has 0 aliphatic carbocycles. The monoisotopic (exact) mass is 335 g/mol. The molecular formula is C12H15BrFNO2S. The lowest BCUT2D eigenvalue weighted by molar-refractivity contribution is 0.493. The summed E-state index contributed by atoms with van der Waals surface area (Å²) in [6, 6.07) is 4.71. The molecule has 0 amide bonds. The average molecular weight is 336 g/mol. The molecule has 0 saturated carbocycles. The maximum atomic E-state index is 13.6. The standard InChI is InChI=1S/C12H15BrFNO2S/c1-8-12(5-6-18(8,16)17)15-7-9-10(13)3-2-4-11(9)14/h2-4,8,12,15H,5-7H2,1H3/t8-,12-/m0/s1. The van der Waals surface area contributed by atoms with E-state index in [0.717, 1.165) is 0 Å². The molecule has 0 aromatic heterocycles. The first-order chi connectivity index (χ1) is 8.42. The summed E-state index contributed by atoms with van der Waals surface area (Å²) in [4.78, 5) is 0. The van der Waals surface area contributed by atoms with Crippen molar-refractivity contribution in [2.75, 3.05) is 5.75 Å². The number of rotatable bonds is 3. The zero-order valence-corrected chi connectivity index (χ0v) is 12.4. The van der Waals surface area contributed by atoms with Crippen molar-refractivity contribution in [2.45, 2.75) is 31.2 Å². The molecule has 3 nitrogen and oxygen atoms in total. The molecule has 0 radical (unpaired) electrons. The van der Waals surface area contributed by atoms with Crippen LogP contribution in [-0.2, 0) is 16.4 Å². The van der Waals surface area contributed by atoms with Crippen LogP contribution in [0.2, 0.25) is 0 Å². The molecule has 18 heavy (non-hydrogen) atoms. The fraction of sp³-hybridized carbons (Fsp3) is 0.500. The van der Waals surface area contributed by atoms with Gasteiger partial charge in [-0.25, -0.2) is 12.8 Å². The van der Waals surface area contributed by atoms with Crippen LogP contribution < -0.4 is 5.32 Å². The lowest BCUT2D eigenvalue weighted by Gasteiger charge is -2.17. The summed E-state index contributed by atoms with van der Waals surface area (Å²) < 4.78 is 37.5. The second-order valence-electron chi connectivity index (χ2n) is 4.55. The van der Waals surface area contributed by atoms with Crippen molar-refractivity contribution in [3.8, 4) is 0 Å². The van der Waals surface area contributed by atoms with Crippen molar-refractivity contribution in [1.29, 1.82) is 0 Å². The van der Waals surface area contributed by atoms with E-state index in [-0.39, 0.29) is 17.6 Å². The molecule has 1 fully saturated rings. The number of nitrogens with one attached hydrogen (secondary N) is 1. The Labute approximate surface area is 115 Å². The van der Waals surface area contributed by atoms with E-state index in [1.165, 1.54) is 6.07 Å². The van der Waals surface area contributed by atoms with E-state index < -0.39 is 15.1 Å². The topological polar surface area (TPSA) is 46.2 Å². The van der Waals surface area contributed by atoms with Gasteiger partial charge in [0.15, 0.2) is 9.84 Å². The van der Waals surface area contributed by atoms with Crippen LogP contribution in [0.3, 0.4) is 0 Å². The Kier molecular flexibility index (Phi) is 4.08. The molecule has 1 aliphatic heterocycles. The Morgan fingerprint density at radius 1 is 1.50 bits per heavy atom. The lowest BCUT2D eigenvalue weighted by atomic mass is 10.1. The molecule has 1 heterocycles. The molecule has 1 aromatic carbocycles. The van der Waals surface area contributed by atoms with E-state index in [2.05, 4.69) is 21.2 Å².